The van der Waals surface area contributed by atoms with Crippen molar-refractivity contribution in [1.29, 1.82) is 0 Å². The van der Waals surface area contributed by atoms with Crippen molar-refractivity contribution in [2.75, 3.05) is 13.7 Å². The molecule has 2 unspecified atom stereocenters. The van der Waals surface area contributed by atoms with E-state index in [1.807, 2.05) is 6.20 Å². The number of benzene rings is 2. The Labute approximate surface area is 189 Å². The highest BCUT2D eigenvalue weighted by atomic mass is 16.5. The summed E-state index contributed by atoms with van der Waals surface area (Å²) in [5, 5.41) is 5.23. The molecular formula is C29H29N2O+. The summed E-state index contributed by atoms with van der Waals surface area (Å²) in [6, 6.07) is 11.7. The molecule has 6 rings (SSSR count). The third kappa shape index (κ3) is 2.40. The van der Waals surface area contributed by atoms with Crippen LogP contribution in [0.25, 0.3) is 32.8 Å². The number of pyridine rings is 2. The van der Waals surface area contributed by atoms with E-state index in [4.69, 9.17) is 4.74 Å². The Morgan fingerprint density at radius 2 is 2.00 bits per heavy atom. The molecule has 0 fully saturated rings. The Morgan fingerprint density at radius 3 is 2.78 bits per heavy atom. The van der Waals surface area contributed by atoms with E-state index in [0.29, 0.717) is 0 Å². The number of hydrogen-bond donors (Lipinski definition) is 0. The van der Waals surface area contributed by atoms with E-state index in [0.717, 1.165) is 13.0 Å². The summed E-state index contributed by atoms with van der Waals surface area (Å²) in [6.07, 6.45) is 9.30. The van der Waals surface area contributed by atoms with Crippen molar-refractivity contribution in [3.8, 4) is 11.3 Å². The van der Waals surface area contributed by atoms with Gasteiger partial charge in [0.05, 0.1) is 16.9 Å². The molecule has 3 heteroatoms. The molecular weight excluding hydrogens is 392 g/mol. The molecule has 1 aliphatic carbocycles. The minimum Gasteiger partial charge on any atom is -0.385 e. The highest BCUT2D eigenvalue weighted by molar-refractivity contribution is 6.05. The van der Waals surface area contributed by atoms with Crippen LogP contribution >= 0.6 is 0 Å². The van der Waals surface area contributed by atoms with Crippen LogP contribution in [0.5, 0.6) is 0 Å². The molecule has 2 aromatic carbocycles. The molecule has 0 radical (unpaired) electrons. The van der Waals surface area contributed by atoms with Gasteiger partial charge < -0.3 is 4.74 Å². The first-order chi connectivity index (χ1) is 15.5. The standard InChI is InChI=1S/C29H29N2O/c1-6-24-20(9-12-32-5)26-21-16-30-10-7-18(21)15-23-27(26)28-25-19(8-11-31(24)28)13-17(2)14-22(25)29(23,3)4/h6-8,10-11,13-16,20,24H,1,9,12H2,2-5H3/q+1. The molecule has 3 heterocycles. The molecule has 4 aromatic rings. The van der Waals surface area contributed by atoms with Gasteiger partial charge in [-0.3, -0.25) is 4.98 Å². The van der Waals surface area contributed by atoms with E-state index in [-0.39, 0.29) is 17.4 Å². The topological polar surface area (TPSA) is 26.0 Å². The molecule has 2 atom stereocenters. The summed E-state index contributed by atoms with van der Waals surface area (Å²) >= 11 is 0. The molecule has 0 bridgehead atoms. The Bertz CT molecular complexity index is 1430. The van der Waals surface area contributed by atoms with Crippen molar-refractivity contribution < 1.29 is 9.30 Å². The second-order valence-corrected chi connectivity index (χ2v) is 9.90. The minimum atomic E-state index is -0.0924. The van der Waals surface area contributed by atoms with Crippen molar-refractivity contribution >= 4 is 21.5 Å². The van der Waals surface area contributed by atoms with Gasteiger partial charge in [-0.25, -0.2) is 0 Å². The molecule has 3 nitrogen and oxygen atoms in total. The molecule has 0 saturated carbocycles. The Morgan fingerprint density at radius 1 is 1.16 bits per heavy atom. The normalized spacial score (nSPS) is 20.0. The third-order valence-corrected chi connectivity index (χ3v) is 7.77. The van der Waals surface area contributed by atoms with Crippen molar-refractivity contribution in [3.05, 3.63) is 83.8 Å². The van der Waals surface area contributed by atoms with E-state index >= 15 is 0 Å². The zero-order valence-electron chi connectivity index (χ0n) is 19.3. The molecule has 0 amide bonds. The number of nitrogens with zero attached hydrogens (tertiary/aromatic N) is 2. The van der Waals surface area contributed by atoms with Gasteiger partial charge in [-0.05, 0) is 59.0 Å². The maximum Gasteiger partial charge on any atom is 0.221 e. The number of ether oxygens (including phenoxy) is 1. The Balaban J connectivity index is 1.86. The predicted octanol–water partition coefficient (Wildman–Crippen LogP) is 6.15. The Hall–Kier alpha value is -3.04. The van der Waals surface area contributed by atoms with Gasteiger partial charge in [0.15, 0.2) is 12.2 Å². The number of aromatic nitrogens is 2. The predicted molar refractivity (Wildman–Crippen MR) is 130 cm³/mol. The van der Waals surface area contributed by atoms with Gasteiger partial charge in [0.25, 0.3) is 0 Å². The van der Waals surface area contributed by atoms with Crippen LogP contribution in [0.4, 0.5) is 0 Å². The number of rotatable bonds is 4. The van der Waals surface area contributed by atoms with Gasteiger partial charge in [-0.15, -0.1) is 0 Å². The largest absolute Gasteiger partial charge is 0.385 e. The van der Waals surface area contributed by atoms with Gasteiger partial charge >= 0.3 is 0 Å². The molecule has 32 heavy (non-hydrogen) atoms. The van der Waals surface area contributed by atoms with E-state index in [2.05, 4.69) is 85.7 Å². The average molecular weight is 422 g/mol. The fraction of sp³-hybridized carbons (Fsp3) is 0.310. The Kier molecular flexibility index (Phi) is 4.13. The quantitative estimate of drug-likeness (QED) is 0.292. The first-order valence-corrected chi connectivity index (χ1v) is 11.5. The lowest BCUT2D eigenvalue weighted by atomic mass is 9.64. The van der Waals surface area contributed by atoms with Crippen molar-refractivity contribution in [2.45, 2.75) is 44.6 Å². The minimum absolute atomic E-state index is 0.0924. The van der Waals surface area contributed by atoms with Crippen molar-refractivity contribution in [1.82, 2.24) is 4.98 Å². The van der Waals surface area contributed by atoms with Crippen molar-refractivity contribution in [3.63, 3.8) is 0 Å². The first-order valence-electron chi connectivity index (χ1n) is 11.5. The fourth-order valence-corrected chi connectivity index (χ4v) is 6.31. The van der Waals surface area contributed by atoms with Gasteiger partial charge in [0, 0.05) is 43.0 Å². The monoisotopic (exact) mass is 421 g/mol. The second-order valence-electron chi connectivity index (χ2n) is 9.90. The van der Waals surface area contributed by atoms with Gasteiger partial charge in [-0.1, -0.05) is 38.1 Å². The first kappa shape index (κ1) is 19.6. The number of aryl methyl sites for hydroxylation is 1. The van der Waals surface area contributed by atoms with Gasteiger partial charge in [0.2, 0.25) is 5.69 Å². The molecule has 160 valence electrons. The molecule has 2 aliphatic rings. The maximum atomic E-state index is 5.56. The highest BCUT2D eigenvalue weighted by Gasteiger charge is 2.47. The number of fused-ring (bicyclic) bond motifs is 2. The zero-order valence-corrected chi connectivity index (χ0v) is 19.3. The smallest absolute Gasteiger partial charge is 0.221 e. The van der Waals surface area contributed by atoms with Crippen LogP contribution in [-0.4, -0.2) is 18.7 Å². The highest BCUT2D eigenvalue weighted by Crippen LogP contribution is 2.55. The summed E-state index contributed by atoms with van der Waals surface area (Å²) in [4.78, 5) is 4.53. The van der Waals surface area contributed by atoms with E-state index in [1.165, 1.54) is 55.1 Å². The van der Waals surface area contributed by atoms with Crippen LogP contribution in [0, 0.1) is 6.92 Å². The molecule has 1 aliphatic heterocycles. The van der Waals surface area contributed by atoms with Crippen LogP contribution in [0.2, 0.25) is 0 Å². The molecule has 0 spiro atoms. The van der Waals surface area contributed by atoms with Crippen LogP contribution in [0.1, 0.15) is 54.5 Å². The third-order valence-electron chi connectivity index (χ3n) is 7.77. The summed E-state index contributed by atoms with van der Waals surface area (Å²) in [7, 11) is 1.79. The maximum absolute atomic E-state index is 5.56. The van der Waals surface area contributed by atoms with Crippen LogP contribution < -0.4 is 4.57 Å². The van der Waals surface area contributed by atoms with Crippen LogP contribution in [-0.2, 0) is 10.2 Å². The SMILES string of the molecule is C=CC1C(CCOC)c2c3c(cc4ccncc24)C(C)(C)c2cc(C)cc4cc[n+]1c-3c24. The summed E-state index contributed by atoms with van der Waals surface area (Å²) in [5.74, 6) is 0.284. The molecule has 2 aromatic heterocycles. The van der Waals surface area contributed by atoms with E-state index < -0.39 is 0 Å². The lowest BCUT2D eigenvalue weighted by Gasteiger charge is -2.40. The summed E-state index contributed by atoms with van der Waals surface area (Å²) < 4.78 is 8.03. The summed E-state index contributed by atoms with van der Waals surface area (Å²) in [6.45, 7) is 12.0. The van der Waals surface area contributed by atoms with E-state index in [1.54, 1.807) is 7.11 Å². The van der Waals surface area contributed by atoms with Crippen LogP contribution in [0.3, 0.4) is 0 Å². The van der Waals surface area contributed by atoms with Gasteiger partial charge in [-0.2, -0.15) is 4.57 Å². The number of methoxy groups -OCH3 is 1. The lowest BCUT2D eigenvalue weighted by molar-refractivity contribution is -0.706. The number of allylic oxidation sites excluding steroid dienone is 1. The molecule has 0 N–H and O–H groups in total. The second kappa shape index (κ2) is 6.73. The number of hydrogen-bond acceptors (Lipinski definition) is 2. The lowest BCUT2D eigenvalue weighted by Crippen LogP contribution is -2.48. The van der Waals surface area contributed by atoms with Crippen molar-refractivity contribution in [2.24, 2.45) is 0 Å². The zero-order chi connectivity index (χ0) is 22.2. The molecule has 0 saturated heterocycles. The average Bonchev–Trinajstić information content (AvgIpc) is 2.79. The van der Waals surface area contributed by atoms with E-state index in [9.17, 15) is 0 Å². The summed E-state index contributed by atoms with van der Waals surface area (Å²) in [5.41, 5.74) is 8.21. The fourth-order valence-electron chi connectivity index (χ4n) is 6.31. The van der Waals surface area contributed by atoms with Crippen LogP contribution in [0.15, 0.2) is 61.6 Å². The van der Waals surface area contributed by atoms with Gasteiger partial charge in [0.1, 0.15) is 0 Å².